The molecule has 2 aliphatic heterocycles. The van der Waals surface area contributed by atoms with Crippen LogP contribution >= 0.6 is 0 Å². The van der Waals surface area contributed by atoms with Gasteiger partial charge in [0.1, 0.15) is 16.8 Å². The molecule has 1 aromatic rings. The van der Waals surface area contributed by atoms with E-state index in [1.54, 1.807) is 6.08 Å². The molecule has 180 valence electrons. The second-order valence-corrected chi connectivity index (χ2v) is 7.25. The number of allylic oxidation sites excluding steroid dienone is 1. The third kappa shape index (κ3) is 5.24. The third-order valence-electron chi connectivity index (χ3n) is 4.86. The van der Waals surface area contributed by atoms with Gasteiger partial charge in [-0.3, -0.25) is 24.7 Å². The molecule has 1 fully saturated rings. The van der Waals surface area contributed by atoms with Gasteiger partial charge in [-0.1, -0.05) is 11.1 Å². The number of urea groups is 1. The van der Waals surface area contributed by atoms with E-state index in [2.05, 4.69) is 22.1 Å². The highest BCUT2D eigenvalue weighted by Crippen LogP contribution is 2.19. The molecule has 3 rings (SSSR count). The molecule has 0 spiro atoms. The summed E-state index contributed by atoms with van der Waals surface area (Å²) in [4.78, 5) is 41.7. The van der Waals surface area contributed by atoms with Crippen molar-refractivity contribution in [2.24, 2.45) is 10.1 Å². The van der Waals surface area contributed by atoms with Crippen molar-refractivity contribution in [1.29, 1.82) is 0 Å². The maximum atomic E-state index is 12.8. The average Bonchev–Trinajstić information content (AvgIpc) is 3.42. The van der Waals surface area contributed by atoms with Gasteiger partial charge >= 0.3 is 17.9 Å². The Hall–Kier alpha value is -4.17. The van der Waals surface area contributed by atoms with Crippen molar-refractivity contribution < 1.29 is 33.3 Å². The highest BCUT2D eigenvalue weighted by Gasteiger charge is 2.51. The van der Waals surface area contributed by atoms with Crippen LogP contribution in [0.3, 0.4) is 0 Å². The van der Waals surface area contributed by atoms with Crippen LogP contribution in [-0.4, -0.2) is 100 Å². The number of imide groups is 1. The molecule has 14 nitrogen and oxygen atoms in total. The van der Waals surface area contributed by atoms with Crippen molar-refractivity contribution in [1.82, 2.24) is 15.2 Å². The first-order chi connectivity index (χ1) is 16.2. The number of likely N-dealkylation sites (N-methyl/N-ethyl adjacent to an activating group) is 2. The van der Waals surface area contributed by atoms with Crippen LogP contribution in [0.15, 0.2) is 45.4 Å². The van der Waals surface area contributed by atoms with E-state index in [4.69, 9.17) is 9.15 Å². The number of nitro groups is 1. The van der Waals surface area contributed by atoms with Gasteiger partial charge in [-0.25, -0.2) is 9.37 Å². The quantitative estimate of drug-likeness (QED) is 0.119. The lowest BCUT2D eigenvalue weighted by Crippen LogP contribution is -2.62. The van der Waals surface area contributed by atoms with E-state index in [0.29, 0.717) is 0 Å². The Bertz CT molecular complexity index is 1100. The lowest BCUT2D eigenvalue weighted by Gasteiger charge is -2.32. The van der Waals surface area contributed by atoms with Gasteiger partial charge in [0, 0.05) is 14.1 Å². The Morgan fingerprint density at radius 3 is 2.88 bits per heavy atom. The molecule has 0 aromatic carbocycles. The van der Waals surface area contributed by atoms with Crippen LogP contribution in [-0.2, 0) is 9.53 Å². The summed E-state index contributed by atoms with van der Waals surface area (Å²) in [7, 11) is 2.86. The molecule has 34 heavy (non-hydrogen) atoms. The van der Waals surface area contributed by atoms with E-state index in [-0.39, 0.29) is 43.2 Å². The highest BCUT2D eigenvalue weighted by atomic mass is 16.6. The smallest absolute Gasteiger partial charge is 0.401 e. The number of amides is 3. The molecular formula is C20H24N7O7+. The SMILES string of the molecule is C=CCOCC(O)C[N+]1=C(N/N=C/C=C/c2ccc([N+](=O)[O-])o2)N=C2C1C(=O)N(C)C(=O)N2C. The Kier molecular flexibility index (Phi) is 7.65. The first-order valence-corrected chi connectivity index (χ1v) is 10.1. The number of aliphatic hydroxyl groups is 1. The average molecular weight is 474 g/mol. The normalized spacial score (nSPS) is 19.3. The highest BCUT2D eigenvalue weighted by molar-refractivity contribution is 6.22. The van der Waals surface area contributed by atoms with Crippen molar-refractivity contribution in [2.45, 2.75) is 12.1 Å². The number of amidine groups is 1. The number of furan rings is 1. The zero-order valence-electron chi connectivity index (χ0n) is 18.5. The topological polar surface area (TPSA) is 166 Å². The number of carbonyl (C=O) groups excluding carboxylic acids is 2. The molecule has 1 aromatic heterocycles. The number of nitrogens with one attached hydrogen (secondary N) is 1. The van der Waals surface area contributed by atoms with E-state index >= 15 is 0 Å². The summed E-state index contributed by atoms with van der Waals surface area (Å²) in [6.07, 6.45) is 4.86. The van der Waals surface area contributed by atoms with Crippen LogP contribution in [0.25, 0.3) is 6.08 Å². The Morgan fingerprint density at radius 2 is 2.21 bits per heavy atom. The maximum Gasteiger partial charge on any atom is 0.433 e. The van der Waals surface area contributed by atoms with Gasteiger partial charge in [-0.2, -0.15) is 5.43 Å². The summed E-state index contributed by atoms with van der Waals surface area (Å²) in [5.74, 6) is -0.279. The lowest BCUT2D eigenvalue weighted by atomic mass is 10.1. The molecule has 2 unspecified atom stereocenters. The first-order valence-electron chi connectivity index (χ1n) is 10.1. The number of hydrogen-bond donors (Lipinski definition) is 2. The van der Waals surface area contributed by atoms with Crippen LogP contribution in [0.5, 0.6) is 0 Å². The number of hydrogen-bond acceptors (Lipinski definition) is 10. The number of aliphatic imine (C=N–C) groups is 1. The van der Waals surface area contributed by atoms with Gasteiger partial charge in [0.2, 0.25) is 11.9 Å². The maximum absolute atomic E-state index is 12.8. The predicted molar refractivity (Wildman–Crippen MR) is 120 cm³/mol. The number of aliphatic hydroxyl groups excluding tert-OH is 1. The van der Waals surface area contributed by atoms with Crippen LogP contribution < -0.4 is 5.43 Å². The largest absolute Gasteiger partial charge is 0.433 e. The van der Waals surface area contributed by atoms with E-state index in [0.717, 1.165) is 4.90 Å². The first kappa shape index (κ1) is 24.5. The molecule has 0 aliphatic carbocycles. The number of guanidine groups is 1. The molecule has 2 N–H and O–H groups in total. The molecule has 0 bridgehead atoms. The van der Waals surface area contributed by atoms with E-state index in [9.17, 15) is 24.8 Å². The van der Waals surface area contributed by atoms with Crippen molar-refractivity contribution >= 4 is 41.9 Å². The van der Waals surface area contributed by atoms with Crippen LogP contribution in [0.4, 0.5) is 10.7 Å². The fourth-order valence-electron chi connectivity index (χ4n) is 3.25. The van der Waals surface area contributed by atoms with Crippen molar-refractivity contribution in [2.75, 3.05) is 33.9 Å². The molecule has 2 atom stereocenters. The molecule has 1 saturated heterocycles. The van der Waals surface area contributed by atoms with Crippen molar-refractivity contribution in [3.05, 3.63) is 46.7 Å². The molecule has 0 saturated carbocycles. The van der Waals surface area contributed by atoms with Gasteiger partial charge in [0.15, 0.2) is 0 Å². The number of β-amino-alcohol motifs (C(OH)–C–C–N with tert-alkyl or cyclic N) is 1. The standard InChI is InChI=1S/C20H23N7O7/c1-4-10-33-12-13(28)11-26-16-17(24(2)20(30)25(3)18(16)29)22-19(26)23-21-9-5-6-14-7-8-15(34-14)27(31)32/h4-9,13,16,28H,1,10-12H2,2-3H3/p+1/b6-5+,21-9+. The summed E-state index contributed by atoms with van der Waals surface area (Å²) in [6, 6.07) is 1.20. The van der Waals surface area contributed by atoms with Crippen LogP contribution in [0, 0.1) is 10.1 Å². The second kappa shape index (κ2) is 10.6. The molecule has 2 aliphatic rings. The number of fused-ring (bicyclic) bond motifs is 1. The Labute approximate surface area is 193 Å². The molecule has 0 radical (unpaired) electrons. The summed E-state index contributed by atoms with van der Waals surface area (Å²) in [6.45, 7) is 3.77. The summed E-state index contributed by atoms with van der Waals surface area (Å²) < 4.78 is 11.8. The number of ether oxygens (including phenoxy) is 1. The van der Waals surface area contributed by atoms with Crippen LogP contribution in [0.2, 0.25) is 0 Å². The van der Waals surface area contributed by atoms with Gasteiger partial charge in [-0.05, 0) is 18.2 Å². The van der Waals surface area contributed by atoms with E-state index in [1.807, 2.05) is 0 Å². The van der Waals surface area contributed by atoms with Gasteiger partial charge in [-0.15, -0.1) is 11.7 Å². The third-order valence-corrected chi connectivity index (χ3v) is 4.86. The number of rotatable bonds is 10. The summed E-state index contributed by atoms with van der Waals surface area (Å²) >= 11 is 0. The fourth-order valence-corrected chi connectivity index (χ4v) is 3.25. The summed E-state index contributed by atoms with van der Waals surface area (Å²) in [5.41, 5.74) is 2.70. The zero-order valence-corrected chi connectivity index (χ0v) is 18.5. The second-order valence-electron chi connectivity index (χ2n) is 7.25. The minimum atomic E-state index is -0.967. The Balaban J connectivity index is 1.77. The summed E-state index contributed by atoms with van der Waals surface area (Å²) in [5, 5.41) is 25.1. The molecule has 3 amide bonds. The monoisotopic (exact) mass is 474 g/mol. The zero-order chi connectivity index (χ0) is 24.8. The molecular weight excluding hydrogens is 450 g/mol. The van der Waals surface area contributed by atoms with Gasteiger partial charge in [0.25, 0.3) is 5.91 Å². The molecule has 14 heteroatoms. The van der Waals surface area contributed by atoms with Crippen molar-refractivity contribution in [3.8, 4) is 0 Å². The lowest BCUT2D eigenvalue weighted by molar-refractivity contribution is -0.546. The van der Waals surface area contributed by atoms with Crippen molar-refractivity contribution in [3.63, 3.8) is 0 Å². The minimum absolute atomic E-state index is 0.00204. The number of carbonyl (C=O) groups is 2. The number of nitrogens with zero attached hydrogens (tertiary/aromatic N) is 6. The predicted octanol–water partition coefficient (Wildman–Crippen LogP) is 0.0129. The van der Waals surface area contributed by atoms with E-state index in [1.165, 1.54) is 54.1 Å². The number of hydrazone groups is 1. The van der Waals surface area contributed by atoms with Crippen LogP contribution in [0.1, 0.15) is 5.76 Å². The Morgan fingerprint density at radius 1 is 1.44 bits per heavy atom. The molecule has 3 heterocycles. The van der Waals surface area contributed by atoms with Gasteiger partial charge < -0.3 is 14.3 Å². The minimum Gasteiger partial charge on any atom is -0.401 e. The fraction of sp³-hybridized carbons (Fsp3) is 0.350. The van der Waals surface area contributed by atoms with Gasteiger partial charge in [0.05, 0.1) is 32.0 Å². The van der Waals surface area contributed by atoms with E-state index < -0.39 is 29.0 Å².